The lowest BCUT2D eigenvalue weighted by molar-refractivity contribution is 1.04. The quantitative estimate of drug-likeness (QED) is 0.791. The van der Waals surface area contributed by atoms with Crippen molar-refractivity contribution < 1.29 is 0 Å². The van der Waals surface area contributed by atoms with Crippen molar-refractivity contribution in [3.63, 3.8) is 0 Å². The number of anilines is 1. The zero-order valence-corrected chi connectivity index (χ0v) is 11.5. The van der Waals surface area contributed by atoms with Gasteiger partial charge in [0.05, 0.1) is 0 Å². The maximum atomic E-state index is 5.98. The van der Waals surface area contributed by atoms with Crippen LogP contribution in [0.4, 0.5) is 5.69 Å². The van der Waals surface area contributed by atoms with Crippen molar-refractivity contribution in [1.82, 2.24) is 0 Å². The van der Waals surface area contributed by atoms with E-state index in [0.717, 1.165) is 24.1 Å². The van der Waals surface area contributed by atoms with Crippen molar-refractivity contribution in [2.75, 3.05) is 5.73 Å². The van der Waals surface area contributed by atoms with Gasteiger partial charge >= 0.3 is 0 Å². The molecule has 0 spiro atoms. The van der Waals surface area contributed by atoms with Crippen molar-refractivity contribution in [2.45, 2.75) is 33.6 Å². The molecule has 0 aliphatic heterocycles. The number of hydrogen-bond acceptors (Lipinski definition) is 1. The van der Waals surface area contributed by atoms with Gasteiger partial charge < -0.3 is 5.73 Å². The van der Waals surface area contributed by atoms with Crippen LogP contribution in [0.5, 0.6) is 0 Å². The molecule has 0 aliphatic carbocycles. The van der Waals surface area contributed by atoms with Crippen LogP contribution >= 0.6 is 0 Å². The zero-order valence-electron chi connectivity index (χ0n) is 11.5. The molecule has 2 rings (SSSR count). The van der Waals surface area contributed by atoms with Crippen LogP contribution in [0.15, 0.2) is 36.4 Å². The maximum Gasteiger partial charge on any atom is 0.0349 e. The molecule has 0 fully saturated rings. The Morgan fingerprint density at radius 1 is 0.833 bits per heavy atom. The number of aryl methyl sites for hydroxylation is 3. The maximum absolute atomic E-state index is 5.98. The third-order valence-electron chi connectivity index (χ3n) is 3.58. The van der Waals surface area contributed by atoms with Gasteiger partial charge in [-0.1, -0.05) is 44.2 Å². The van der Waals surface area contributed by atoms with Gasteiger partial charge in [0.2, 0.25) is 0 Å². The van der Waals surface area contributed by atoms with Gasteiger partial charge in [-0.05, 0) is 53.6 Å². The molecule has 2 aromatic rings. The summed E-state index contributed by atoms with van der Waals surface area (Å²) in [7, 11) is 0. The second-order valence-corrected chi connectivity index (χ2v) is 4.76. The van der Waals surface area contributed by atoms with Crippen LogP contribution in [0.1, 0.15) is 30.5 Å². The monoisotopic (exact) mass is 239 g/mol. The Kier molecular flexibility index (Phi) is 3.71. The molecule has 2 N–H and O–H groups in total. The molecule has 0 saturated carbocycles. The topological polar surface area (TPSA) is 26.0 Å². The van der Waals surface area contributed by atoms with Crippen molar-refractivity contribution in [1.29, 1.82) is 0 Å². The molecule has 2 aromatic carbocycles. The highest BCUT2D eigenvalue weighted by Gasteiger charge is 2.04. The summed E-state index contributed by atoms with van der Waals surface area (Å²) in [5, 5.41) is 0. The van der Waals surface area contributed by atoms with E-state index < -0.39 is 0 Å². The summed E-state index contributed by atoms with van der Waals surface area (Å²) in [6, 6.07) is 13.0. The smallest absolute Gasteiger partial charge is 0.0349 e. The Hall–Kier alpha value is -1.76. The standard InChI is InChI=1S/C17H21N/c1-4-13-8-9-15(10-14(13)5-2)16-7-6-12(3)17(18)11-16/h6-11H,4-5,18H2,1-3H3. The SMILES string of the molecule is CCc1ccc(-c2ccc(C)c(N)c2)cc1CC. The fraction of sp³-hybridized carbons (Fsp3) is 0.294. The van der Waals surface area contributed by atoms with Crippen LogP contribution < -0.4 is 5.73 Å². The van der Waals surface area contributed by atoms with Crippen LogP contribution in [-0.4, -0.2) is 0 Å². The molecule has 0 saturated heterocycles. The molecule has 0 atom stereocenters. The fourth-order valence-electron chi connectivity index (χ4n) is 2.30. The Morgan fingerprint density at radius 2 is 1.44 bits per heavy atom. The third-order valence-corrected chi connectivity index (χ3v) is 3.58. The molecule has 0 radical (unpaired) electrons. The van der Waals surface area contributed by atoms with E-state index in [1.807, 2.05) is 6.92 Å². The highest BCUT2D eigenvalue weighted by Crippen LogP contribution is 2.26. The Morgan fingerprint density at radius 3 is 2.06 bits per heavy atom. The lowest BCUT2D eigenvalue weighted by Gasteiger charge is -2.10. The summed E-state index contributed by atoms with van der Waals surface area (Å²) in [6.07, 6.45) is 2.18. The van der Waals surface area contributed by atoms with E-state index in [1.165, 1.54) is 22.3 Å². The van der Waals surface area contributed by atoms with Gasteiger partial charge in [0.1, 0.15) is 0 Å². The third kappa shape index (κ3) is 2.40. The van der Waals surface area contributed by atoms with Crippen molar-refractivity contribution >= 4 is 5.69 Å². The summed E-state index contributed by atoms with van der Waals surface area (Å²) >= 11 is 0. The molecule has 0 unspecified atom stereocenters. The Labute approximate surface area is 110 Å². The lowest BCUT2D eigenvalue weighted by Crippen LogP contribution is -1.93. The molecule has 0 aliphatic rings. The second kappa shape index (κ2) is 5.26. The average Bonchev–Trinajstić information content (AvgIpc) is 2.41. The summed E-state index contributed by atoms with van der Waals surface area (Å²) in [6.45, 7) is 6.45. The lowest BCUT2D eigenvalue weighted by atomic mass is 9.96. The highest BCUT2D eigenvalue weighted by atomic mass is 14.5. The van der Waals surface area contributed by atoms with Crippen LogP contribution in [0.3, 0.4) is 0 Å². The normalized spacial score (nSPS) is 10.6. The van der Waals surface area contributed by atoms with E-state index in [-0.39, 0.29) is 0 Å². The molecular weight excluding hydrogens is 218 g/mol. The molecule has 0 bridgehead atoms. The molecule has 0 heterocycles. The Bertz CT molecular complexity index is 556. The predicted molar refractivity (Wildman–Crippen MR) is 79.8 cm³/mol. The highest BCUT2D eigenvalue weighted by molar-refractivity contribution is 5.69. The van der Waals surface area contributed by atoms with Crippen molar-refractivity contribution in [2.24, 2.45) is 0 Å². The van der Waals surface area contributed by atoms with Crippen LogP contribution in [0.25, 0.3) is 11.1 Å². The van der Waals surface area contributed by atoms with Gasteiger partial charge in [0.25, 0.3) is 0 Å². The minimum absolute atomic E-state index is 0.866. The van der Waals surface area contributed by atoms with E-state index in [2.05, 4.69) is 50.2 Å². The molecule has 0 aromatic heterocycles. The molecule has 94 valence electrons. The summed E-state index contributed by atoms with van der Waals surface area (Å²) in [4.78, 5) is 0. The minimum Gasteiger partial charge on any atom is -0.398 e. The number of hydrogen-bond donors (Lipinski definition) is 1. The number of rotatable bonds is 3. The molecule has 18 heavy (non-hydrogen) atoms. The van der Waals surface area contributed by atoms with Gasteiger partial charge in [0.15, 0.2) is 0 Å². The fourth-order valence-corrected chi connectivity index (χ4v) is 2.30. The van der Waals surface area contributed by atoms with Gasteiger partial charge in [-0.15, -0.1) is 0 Å². The second-order valence-electron chi connectivity index (χ2n) is 4.76. The van der Waals surface area contributed by atoms with Gasteiger partial charge in [-0.25, -0.2) is 0 Å². The number of benzene rings is 2. The first-order chi connectivity index (χ1) is 8.65. The van der Waals surface area contributed by atoms with Gasteiger partial charge in [-0.2, -0.15) is 0 Å². The zero-order chi connectivity index (χ0) is 13.1. The van der Waals surface area contributed by atoms with Crippen LogP contribution in [0, 0.1) is 6.92 Å². The molecule has 1 nitrogen and oxygen atoms in total. The van der Waals surface area contributed by atoms with E-state index in [0.29, 0.717) is 0 Å². The van der Waals surface area contributed by atoms with E-state index >= 15 is 0 Å². The largest absolute Gasteiger partial charge is 0.398 e. The van der Waals surface area contributed by atoms with E-state index in [4.69, 9.17) is 5.73 Å². The predicted octanol–water partition coefficient (Wildman–Crippen LogP) is 4.37. The van der Waals surface area contributed by atoms with Gasteiger partial charge in [-0.3, -0.25) is 0 Å². The first-order valence-corrected chi connectivity index (χ1v) is 6.64. The minimum atomic E-state index is 0.866. The summed E-state index contributed by atoms with van der Waals surface area (Å²) < 4.78 is 0. The van der Waals surface area contributed by atoms with E-state index in [9.17, 15) is 0 Å². The molecule has 0 amide bonds. The first kappa shape index (κ1) is 12.7. The number of nitrogens with two attached hydrogens (primary N) is 1. The molecule has 1 heteroatoms. The van der Waals surface area contributed by atoms with Crippen LogP contribution in [-0.2, 0) is 12.8 Å². The summed E-state index contributed by atoms with van der Waals surface area (Å²) in [5.74, 6) is 0. The van der Waals surface area contributed by atoms with Crippen molar-refractivity contribution in [3.8, 4) is 11.1 Å². The van der Waals surface area contributed by atoms with E-state index in [1.54, 1.807) is 0 Å². The van der Waals surface area contributed by atoms with Crippen molar-refractivity contribution in [3.05, 3.63) is 53.1 Å². The first-order valence-electron chi connectivity index (χ1n) is 6.64. The van der Waals surface area contributed by atoms with Crippen LogP contribution in [0.2, 0.25) is 0 Å². The molecular formula is C17H21N. The average molecular weight is 239 g/mol. The number of nitrogen functional groups attached to an aromatic ring is 1. The van der Waals surface area contributed by atoms with Gasteiger partial charge in [0, 0.05) is 5.69 Å². The Balaban J connectivity index is 2.47. The summed E-state index contributed by atoms with van der Waals surface area (Å²) in [5.41, 5.74) is 13.3.